The van der Waals surface area contributed by atoms with Gasteiger partial charge in [0.05, 0.1) is 12.6 Å². The van der Waals surface area contributed by atoms with Crippen LogP contribution < -0.4 is 22.1 Å². The summed E-state index contributed by atoms with van der Waals surface area (Å²) in [5.41, 5.74) is 12.5. The lowest BCUT2D eigenvalue weighted by atomic mass is 9.86. The highest BCUT2D eigenvalue weighted by molar-refractivity contribution is 5.94. The minimum atomic E-state index is -1.37. The summed E-state index contributed by atoms with van der Waals surface area (Å²) >= 11 is 0. The Bertz CT molecular complexity index is 1460. The highest BCUT2D eigenvalue weighted by atomic mass is 16.4. The molecule has 2 aromatic rings. The van der Waals surface area contributed by atoms with Crippen LogP contribution in [0.15, 0.2) is 60.7 Å². The summed E-state index contributed by atoms with van der Waals surface area (Å²) in [6.45, 7) is 9.88. The van der Waals surface area contributed by atoms with Gasteiger partial charge in [-0.05, 0) is 74.0 Å². The Balaban J connectivity index is 1.73. The Labute approximate surface area is 316 Å². The molecule has 0 bridgehead atoms. The van der Waals surface area contributed by atoms with Crippen LogP contribution in [0, 0.1) is 23.7 Å². The number of piperidine rings is 1. The number of unbranched alkanes of at least 4 members (excludes halogenated alkanes) is 1. The standard InChI is InChI=1S/C42H63N5O6/c1-29(2)23-37(38(49)26-33(17-11-12-20-43)40(51)47-21-18-42(44,19-22-47)41(52)53)46-39(50)34(24-31-13-7-5-8-14-31)25-35(48)27-45-28-36(30(3)4)32-15-9-6-10-16-32/h5-10,13-16,29-30,33-34,36-37,45H,11-12,17-28,43-44H2,1-4H3,(H,46,50)(H,52,53)/t33-,34-,36+,37+/m0/s1. The molecule has 0 aliphatic carbocycles. The van der Waals surface area contributed by atoms with E-state index in [1.54, 1.807) is 4.90 Å². The number of hydrogen-bond acceptors (Lipinski definition) is 8. The predicted octanol–water partition coefficient (Wildman–Crippen LogP) is 4.47. The smallest absolute Gasteiger partial charge is 0.323 e. The third kappa shape index (κ3) is 14.1. The lowest BCUT2D eigenvalue weighted by Crippen LogP contribution is -2.57. The number of likely N-dealkylation sites (tertiary alicyclic amines) is 1. The molecular weight excluding hydrogens is 670 g/mol. The van der Waals surface area contributed by atoms with Crippen molar-refractivity contribution in [2.24, 2.45) is 35.1 Å². The lowest BCUT2D eigenvalue weighted by molar-refractivity contribution is -0.149. The summed E-state index contributed by atoms with van der Waals surface area (Å²) in [5, 5.41) is 15.9. The molecule has 53 heavy (non-hydrogen) atoms. The first-order valence-corrected chi connectivity index (χ1v) is 19.4. The van der Waals surface area contributed by atoms with E-state index < -0.39 is 29.4 Å². The van der Waals surface area contributed by atoms with Crippen molar-refractivity contribution in [3.63, 3.8) is 0 Å². The fourth-order valence-corrected chi connectivity index (χ4v) is 7.17. The highest BCUT2D eigenvalue weighted by Crippen LogP contribution is 2.26. The second-order valence-electron chi connectivity index (χ2n) is 15.7. The van der Waals surface area contributed by atoms with E-state index in [4.69, 9.17) is 11.5 Å². The number of benzene rings is 2. The van der Waals surface area contributed by atoms with E-state index in [1.165, 1.54) is 5.56 Å². The maximum atomic E-state index is 14.0. The molecule has 0 saturated carbocycles. The van der Waals surface area contributed by atoms with Crippen molar-refractivity contribution in [1.29, 1.82) is 0 Å². The molecule has 2 amide bonds. The van der Waals surface area contributed by atoms with Gasteiger partial charge in [-0.25, -0.2) is 0 Å². The molecule has 1 fully saturated rings. The molecule has 292 valence electrons. The Morgan fingerprint density at radius 1 is 0.868 bits per heavy atom. The fourth-order valence-electron chi connectivity index (χ4n) is 7.17. The number of aliphatic carboxylic acids is 1. The molecule has 3 rings (SSSR count). The summed E-state index contributed by atoms with van der Waals surface area (Å²) < 4.78 is 0. The molecule has 1 heterocycles. The van der Waals surface area contributed by atoms with Crippen LogP contribution in [0.4, 0.5) is 0 Å². The maximum absolute atomic E-state index is 14.0. The molecular formula is C42H63N5O6. The quantitative estimate of drug-likeness (QED) is 0.103. The van der Waals surface area contributed by atoms with Crippen LogP contribution in [0.5, 0.6) is 0 Å². The monoisotopic (exact) mass is 733 g/mol. The normalized spacial score (nSPS) is 16.5. The van der Waals surface area contributed by atoms with Gasteiger partial charge in [-0.2, -0.15) is 0 Å². The fraction of sp³-hybridized carbons (Fsp3) is 0.595. The average molecular weight is 734 g/mol. The summed E-state index contributed by atoms with van der Waals surface area (Å²) in [4.78, 5) is 68.5. The maximum Gasteiger partial charge on any atom is 0.323 e. The first-order chi connectivity index (χ1) is 25.2. The van der Waals surface area contributed by atoms with Gasteiger partial charge in [0, 0.05) is 44.3 Å². The van der Waals surface area contributed by atoms with E-state index in [-0.39, 0.29) is 80.5 Å². The molecule has 7 N–H and O–H groups in total. The summed E-state index contributed by atoms with van der Waals surface area (Å²) in [6.07, 6.45) is 2.75. The minimum Gasteiger partial charge on any atom is -0.480 e. The van der Waals surface area contributed by atoms with Crippen molar-refractivity contribution in [1.82, 2.24) is 15.5 Å². The zero-order valence-corrected chi connectivity index (χ0v) is 32.2. The number of Topliss-reactive ketones (excluding diaryl/α,β-unsaturated/α-hetero) is 2. The molecule has 4 atom stereocenters. The van der Waals surface area contributed by atoms with Crippen molar-refractivity contribution in [3.8, 4) is 0 Å². The first kappa shape index (κ1) is 43.5. The topological polar surface area (TPSA) is 185 Å². The number of ketones is 2. The van der Waals surface area contributed by atoms with Crippen molar-refractivity contribution in [2.75, 3.05) is 32.7 Å². The van der Waals surface area contributed by atoms with Gasteiger partial charge in [-0.15, -0.1) is 0 Å². The lowest BCUT2D eigenvalue weighted by Gasteiger charge is -2.38. The van der Waals surface area contributed by atoms with Crippen LogP contribution in [0.2, 0.25) is 0 Å². The molecule has 0 aromatic heterocycles. The van der Waals surface area contributed by atoms with Crippen LogP contribution in [0.25, 0.3) is 0 Å². The second-order valence-corrected chi connectivity index (χ2v) is 15.7. The van der Waals surface area contributed by atoms with Crippen LogP contribution in [-0.4, -0.2) is 83.7 Å². The second kappa shape index (κ2) is 21.7. The molecule has 2 aromatic carbocycles. The highest BCUT2D eigenvalue weighted by Gasteiger charge is 2.40. The predicted molar refractivity (Wildman–Crippen MR) is 208 cm³/mol. The molecule has 0 radical (unpaired) electrons. The molecule has 1 aliphatic heterocycles. The third-order valence-electron chi connectivity index (χ3n) is 10.5. The van der Waals surface area contributed by atoms with E-state index >= 15 is 0 Å². The Hall–Kier alpha value is -3.93. The van der Waals surface area contributed by atoms with Crippen molar-refractivity contribution >= 4 is 29.4 Å². The third-order valence-corrected chi connectivity index (χ3v) is 10.5. The number of carboxylic acids is 1. The van der Waals surface area contributed by atoms with Gasteiger partial charge >= 0.3 is 5.97 Å². The number of carbonyl (C=O) groups is 5. The summed E-state index contributed by atoms with van der Waals surface area (Å²) in [7, 11) is 0. The van der Waals surface area contributed by atoms with Crippen LogP contribution in [0.1, 0.15) is 96.1 Å². The van der Waals surface area contributed by atoms with E-state index in [1.807, 2.05) is 62.4 Å². The van der Waals surface area contributed by atoms with E-state index in [2.05, 4.69) is 36.6 Å². The van der Waals surface area contributed by atoms with E-state index in [0.29, 0.717) is 51.1 Å². The number of nitrogens with zero attached hydrogens (tertiary/aromatic N) is 1. The number of nitrogens with one attached hydrogen (secondary N) is 2. The van der Waals surface area contributed by atoms with Crippen molar-refractivity contribution in [2.45, 2.75) is 103 Å². The molecule has 11 heteroatoms. The zero-order chi connectivity index (χ0) is 39.0. The Kier molecular flexibility index (Phi) is 17.8. The number of rotatable bonds is 23. The van der Waals surface area contributed by atoms with Crippen LogP contribution >= 0.6 is 0 Å². The van der Waals surface area contributed by atoms with Crippen LogP contribution in [0.3, 0.4) is 0 Å². The Morgan fingerprint density at radius 2 is 1.49 bits per heavy atom. The number of carbonyl (C=O) groups excluding carboxylic acids is 4. The molecule has 1 aliphatic rings. The van der Waals surface area contributed by atoms with Crippen molar-refractivity contribution < 1.29 is 29.1 Å². The van der Waals surface area contributed by atoms with Crippen molar-refractivity contribution in [3.05, 3.63) is 71.8 Å². The summed E-state index contributed by atoms with van der Waals surface area (Å²) in [6, 6.07) is 18.9. The molecule has 11 nitrogen and oxygen atoms in total. The van der Waals surface area contributed by atoms with Gasteiger partial charge < -0.3 is 32.1 Å². The SMILES string of the molecule is CC(C)C[C@@H](NC(=O)[C@H](CC(=O)CNC[C@@H](c1ccccc1)C(C)C)Cc1ccccc1)C(=O)C[C@H](CCCCN)C(=O)N1CCC(N)(C(=O)O)CC1. The largest absolute Gasteiger partial charge is 0.480 e. The minimum absolute atomic E-state index is 0.0160. The van der Waals surface area contributed by atoms with E-state index in [9.17, 15) is 29.1 Å². The van der Waals surface area contributed by atoms with E-state index in [0.717, 1.165) is 5.56 Å². The van der Waals surface area contributed by atoms with Crippen LogP contribution in [-0.2, 0) is 30.4 Å². The molecule has 0 spiro atoms. The Morgan fingerprint density at radius 3 is 2.06 bits per heavy atom. The van der Waals surface area contributed by atoms with Gasteiger partial charge in [-0.3, -0.25) is 24.0 Å². The molecule has 0 unspecified atom stereocenters. The number of carboxylic acid groups (broad SMARTS) is 1. The average Bonchev–Trinajstić information content (AvgIpc) is 3.12. The zero-order valence-electron chi connectivity index (χ0n) is 32.2. The van der Waals surface area contributed by atoms with Gasteiger partial charge in [0.25, 0.3) is 0 Å². The summed E-state index contributed by atoms with van der Waals surface area (Å²) in [5.74, 6) is -2.62. The number of nitrogens with two attached hydrogens (primary N) is 2. The van der Waals surface area contributed by atoms with Gasteiger partial charge in [0.2, 0.25) is 11.8 Å². The number of hydrogen-bond donors (Lipinski definition) is 5. The molecule has 1 saturated heterocycles. The number of amides is 2. The van der Waals surface area contributed by atoms with Gasteiger partial charge in [-0.1, -0.05) is 94.8 Å². The van der Waals surface area contributed by atoms with Gasteiger partial charge in [0.15, 0.2) is 5.78 Å². The van der Waals surface area contributed by atoms with Gasteiger partial charge in [0.1, 0.15) is 11.3 Å². The first-order valence-electron chi connectivity index (χ1n) is 19.4.